The van der Waals surface area contributed by atoms with Crippen LogP contribution in [0.5, 0.6) is 5.75 Å². The first kappa shape index (κ1) is 13.5. The van der Waals surface area contributed by atoms with Crippen molar-refractivity contribution in [2.24, 2.45) is 5.84 Å². The number of carbonyl (C=O) groups is 1. The Morgan fingerprint density at radius 3 is 2.47 bits per heavy atom. The average molecular weight is 236 g/mol. The number of hydrazine groups is 1. The Morgan fingerprint density at radius 2 is 2.00 bits per heavy atom. The van der Waals surface area contributed by atoms with Gasteiger partial charge in [0.25, 0.3) is 0 Å². The number of hydrogen-bond donors (Lipinski definition) is 3. The van der Waals surface area contributed by atoms with Gasteiger partial charge in [-0.05, 0) is 31.0 Å². The van der Waals surface area contributed by atoms with Crippen molar-refractivity contribution in [1.29, 1.82) is 0 Å². The fourth-order valence-electron chi connectivity index (χ4n) is 1.91. The van der Waals surface area contributed by atoms with Gasteiger partial charge < -0.3 is 5.11 Å². The van der Waals surface area contributed by atoms with Crippen LogP contribution in [0.4, 0.5) is 0 Å². The number of nitrogens with one attached hydrogen (secondary N) is 1. The SMILES string of the molecule is CCCCC(C)(C(=O)NN)c1ccc(O)cc1. The van der Waals surface area contributed by atoms with Crippen LogP contribution in [0.3, 0.4) is 0 Å². The third kappa shape index (κ3) is 2.97. The molecule has 0 aromatic heterocycles. The van der Waals surface area contributed by atoms with Crippen molar-refractivity contribution in [3.8, 4) is 5.75 Å². The summed E-state index contributed by atoms with van der Waals surface area (Å²) in [4.78, 5) is 11.9. The monoisotopic (exact) mass is 236 g/mol. The summed E-state index contributed by atoms with van der Waals surface area (Å²) in [5.41, 5.74) is 2.45. The summed E-state index contributed by atoms with van der Waals surface area (Å²) in [6.07, 6.45) is 2.70. The van der Waals surface area contributed by atoms with E-state index in [1.54, 1.807) is 24.3 Å². The molecule has 0 aliphatic carbocycles. The molecule has 0 heterocycles. The zero-order chi connectivity index (χ0) is 12.9. The predicted octanol–water partition coefficient (Wildman–Crippen LogP) is 1.83. The molecule has 1 aromatic carbocycles. The highest BCUT2D eigenvalue weighted by Gasteiger charge is 2.33. The van der Waals surface area contributed by atoms with Crippen LogP contribution >= 0.6 is 0 Å². The van der Waals surface area contributed by atoms with Crippen molar-refractivity contribution in [1.82, 2.24) is 5.43 Å². The number of nitrogens with two attached hydrogens (primary N) is 1. The molecule has 17 heavy (non-hydrogen) atoms. The van der Waals surface area contributed by atoms with Crippen LogP contribution < -0.4 is 11.3 Å². The predicted molar refractivity (Wildman–Crippen MR) is 67.3 cm³/mol. The minimum atomic E-state index is -0.640. The summed E-state index contributed by atoms with van der Waals surface area (Å²) >= 11 is 0. The summed E-state index contributed by atoms with van der Waals surface area (Å²) in [5, 5.41) is 9.27. The first-order valence-electron chi connectivity index (χ1n) is 5.85. The third-order valence-corrected chi connectivity index (χ3v) is 3.17. The Kier molecular flexibility index (Phi) is 4.52. The summed E-state index contributed by atoms with van der Waals surface area (Å²) < 4.78 is 0. The molecular formula is C13H20N2O2. The second-order valence-corrected chi connectivity index (χ2v) is 4.46. The molecule has 94 valence electrons. The number of benzene rings is 1. The summed E-state index contributed by atoms with van der Waals surface area (Å²) in [6, 6.07) is 6.70. The van der Waals surface area contributed by atoms with Crippen LogP contribution in [0, 0.1) is 0 Å². The van der Waals surface area contributed by atoms with Gasteiger partial charge in [-0.1, -0.05) is 31.9 Å². The fraction of sp³-hybridized carbons (Fsp3) is 0.462. The lowest BCUT2D eigenvalue weighted by Crippen LogP contribution is -2.45. The molecule has 1 unspecified atom stereocenters. The van der Waals surface area contributed by atoms with Gasteiger partial charge >= 0.3 is 0 Å². The smallest absolute Gasteiger partial charge is 0.244 e. The first-order chi connectivity index (χ1) is 8.04. The fourth-order valence-corrected chi connectivity index (χ4v) is 1.91. The van der Waals surface area contributed by atoms with Gasteiger partial charge in [-0.3, -0.25) is 10.2 Å². The van der Waals surface area contributed by atoms with Gasteiger partial charge in [0, 0.05) is 0 Å². The molecule has 0 aliphatic heterocycles. The Bertz CT molecular complexity index is 376. The van der Waals surface area contributed by atoms with Crippen LogP contribution in [-0.4, -0.2) is 11.0 Å². The van der Waals surface area contributed by atoms with Gasteiger partial charge in [0.1, 0.15) is 5.75 Å². The number of phenolic OH excluding ortho intramolecular Hbond substituents is 1. The molecule has 1 aromatic rings. The second kappa shape index (κ2) is 5.68. The van der Waals surface area contributed by atoms with E-state index in [0.717, 1.165) is 24.8 Å². The molecule has 0 saturated heterocycles. The second-order valence-electron chi connectivity index (χ2n) is 4.46. The van der Waals surface area contributed by atoms with Gasteiger partial charge in [-0.2, -0.15) is 0 Å². The number of amides is 1. The zero-order valence-corrected chi connectivity index (χ0v) is 10.4. The normalized spacial score (nSPS) is 14.1. The topological polar surface area (TPSA) is 75.4 Å². The van der Waals surface area contributed by atoms with E-state index < -0.39 is 5.41 Å². The summed E-state index contributed by atoms with van der Waals surface area (Å²) in [6.45, 7) is 3.95. The van der Waals surface area contributed by atoms with Crippen molar-refractivity contribution < 1.29 is 9.90 Å². The van der Waals surface area contributed by atoms with E-state index in [1.165, 1.54) is 0 Å². The van der Waals surface area contributed by atoms with Gasteiger partial charge in [0.05, 0.1) is 5.41 Å². The lowest BCUT2D eigenvalue weighted by atomic mass is 9.77. The Morgan fingerprint density at radius 1 is 1.41 bits per heavy atom. The van der Waals surface area contributed by atoms with Gasteiger partial charge in [0.2, 0.25) is 5.91 Å². The maximum Gasteiger partial charge on any atom is 0.244 e. The Balaban J connectivity index is 3.04. The number of carbonyl (C=O) groups excluding carboxylic acids is 1. The lowest BCUT2D eigenvalue weighted by molar-refractivity contribution is -0.126. The number of aromatic hydroxyl groups is 1. The number of hydrogen-bond acceptors (Lipinski definition) is 3. The van der Waals surface area contributed by atoms with Crippen molar-refractivity contribution in [3.63, 3.8) is 0 Å². The molecule has 1 atom stereocenters. The van der Waals surface area contributed by atoms with Crippen molar-refractivity contribution in [3.05, 3.63) is 29.8 Å². The zero-order valence-electron chi connectivity index (χ0n) is 10.4. The first-order valence-corrected chi connectivity index (χ1v) is 5.85. The number of unbranched alkanes of at least 4 members (excludes halogenated alkanes) is 1. The molecule has 1 amide bonds. The maximum absolute atomic E-state index is 11.9. The molecule has 0 fully saturated rings. The molecule has 4 nitrogen and oxygen atoms in total. The van der Waals surface area contributed by atoms with Crippen LogP contribution in [0.15, 0.2) is 24.3 Å². The molecule has 1 rings (SSSR count). The quantitative estimate of drug-likeness (QED) is 0.415. The summed E-state index contributed by atoms with van der Waals surface area (Å²) in [7, 11) is 0. The van der Waals surface area contributed by atoms with E-state index in [9.17, 15) is 9.90 Å². The summed E-state index contributed by atoms with van der Waals surface area (Å²) in [5.74, 6) is 5.24. The van der Waals surface area contributed by atoms with E-state index in [0.29, 0.717) is 0 Å². The van der Waals surface area contributed by atoms with Crippen molar-refractivity contribution in [2.75, 3.05) is 0 Å². The minimum absolute atomic E-state index is 0.194. The highest BCUT2D eigenvalue weighted by molar-refractivity contribution is 5.87. The number of phenols is 1. The van der Waals surface area contributed by atoms with Crippen molar-refractivity contribution in [2.45, 2.75) is 38.5 Å². The molecule has 0 spiro atoms. The average Bonchev–Trinajstić information content (AvgIpc) is 2.35. The van der Waals surface area contributed by atoms with Gasteiger partial charge in [-0.15, -0.1) is 0 Å². The molecular weight excluding hydrogens is 216 g/mol. The van der Waals surface area contributed by atoms with E-state index >= 15 is 0 Å². The molecule has 0 bridgehead atoms. The minimum Gasteiger partial charge on any atom is -0.508 e. The Hall–Kier alpha value is -1.55. The van der Waals surface area contributed by atoms with E-state index in [-0.39, 0.29) is 11.7 Å². The third-order valence-electron chi connectivity index (χ3n) is 3.17. The van der Waals surface area contributed by atoms with Gasteiger partial charge in [0.15, 0.2) is 0 Å². The molecule has 0 saturated carbocycles. The molecule has 0 aliphatic rings. The van der Waals surface area contributed by atoms with Crippen LogP contribution in [0.2, 0.25) is 0 Å². The molecule has 4 N–H and O–H groups in total. The standard InChI is InChI=1S/C13H20N2O2/c1-3-4-9-13(2,12(17)15-14)10-5-7-11(16)8-6-10/h5-8,16H,3-4,9,14H2,1-2H3,(H,15,17). The van der Waals surface area contributed by atoms with Crippen LogP contribution in [0.1, 0.15) is 38.7 Å². The van der Waals surface area contributed by atoms with E-state index in [2.05, 4.69) is 12.3 Å². The van der Waals surface area contributed by atoms with Gasteiger partial charge in [-0.25, -0.2) is 5.84 Å². The maximum atomic E-state index is 11.9. The van der Waals surface area contributed by atoms with Crippen LogP contribution in [-0.2, 0) is 10.2 Å². The highest BCUT2D eigenvalue weighted by Crippen LogP contribution is 2.30. The Labute approximate surface area is 102 Å². The van der Waals surface area contributed by atoms with E-state index in [1.807, 2.05) is 6.92 Å². The largest absolute Gasteiger partial charge is 0.508 e. The highest BCUT2D eigenvalue weighted by atomic mass is 16.3. The number of rotatable bonds is 5. The molecule has 0 radical (unpaired) electrons. The lowest BCUT2D eigenvalue weighted by Gasteiger charge is -2.28. The van der Waals surface area contributed by atoms with Crippen LogP contribution in [0.25, 0.3) is 0 Å². The van der Waals surface area contributed by atoms with E-state index in [4.69, 9.17) is 5.84 Å². The molecule has 4 heteroatoms. The van der Waals surface area contributed by atoms with Crippen molar-refractivity contribution >= 4 is 5.91 Å².